The number of para-hydroxylation sites is 1. The number of ether oxygens (including phenoxy) is 1. The van der Waals surface area contributed by atoms with Gasteiger partial charge in [-0.15, -0.1) is 0 Å². The lowest BCUT2D eigenvalue weighted by atomic mass is 9.92. The Morgan fingerprint density at radius 3 is 2.74 bits per heavy atom. The van der Waals surface area contributed by atoms with E-state index in [0.29, 0.717) is 29.9 Å². The summed E-state index contributed by atoms with van der Waals surface area (Å²) in [6.07, 6.45) is 1.17. The summed E-state index contributed by atoms with van der Waals surface area (Å²) in [5.74, 6) is -0.469. The van der Waals surface area contributed by atoms with Crippen LogP contribution in [0.25, 0.3) is 21.9 Å². The van der Waals surface area contributed by atoms with Gasteiger partial charge in [-0.05, 0) is 36.1 Å². The number of hydrogen-bond acceptors (Lipinski definition) is 5. The van der Waals surface area contributed by atoms with Crippen LogP contribution in [0.4, 0.5) is 10.5 Å². The third kappa shape index (κ3) is 2.88. The Labute approximate surface area is 194 Å². The Morgan fingerprint density at radius 2 is 1.88 bits per heavy atom. The molecule has 1 aliphatic carbocycles. The second-order valence-electron chi connectivity index (χ2n) is 8.58. The van der Waals surface area contributed by atoms with E-state index >= 15 is 0 Å². The number of imide groups is 1. The van der Waals surface area contributed by atoms with Gasteiger partial charge in [0, 0.05) is 16.8 Å². The molecule has 8 heteroatoms. The summed E-state index contributed by atoms with van der Waals surface area (Å²) >= 11 is 0. The van der Waals surface area contributed by atoms with E-state index in [1.807, 2.05) is 48.5 Å². The summed E-state index contributed by atoms with van der Waals surface area (Å²) in [6, 6.07) is 18.1. The van der Waals surface area contributed by atoms with E-state index in [1.54, 1.807) is 12.1 Å². The smallest absolute Gasteiger partial charge is 0.325 e. The quantitative estimate of drug-likeness (QED) is 0.454. The second kappa shape index (κ2) is 7.34. The van der Waals surface area contributed by atoms with E-state index in [-0.39, 0.29) is 0 Å². The molecule has 1 fully saturated rings. The lowest BCUT2D eigenvalue weighted by Gasteiger charge is -2.22. The van der Waals surface area contributed by atoms with Crippen LogP contribution in [0.5, 0.6) is 5.75 Å². The summed E-state index contributed by atoms with van der Waals surface area (Å²) in [7, 11) is 1.51. The standard InChI is InChI=1S/C26H21N3O5/c1-33-22-12-17-16-7-3-5-9-20(16)34-21(17)13-19(22)27-23(30)14-29-24(31)26(28-25(29)32)11-10-15-6-2-4-8-18(15)26/h2-9,12-13H,10-11,14H2,1H3,(H,27,30)(H,28,32)/t26-/m1/s1. The van der Waals surface area contributed by atoms with Gasteiger partial charge in [-0.2, -0.15) is 0 Å². The Morgan fingerprint density at radius 1 is 1.09 bits per heavy atom. The number of carbonyl (C=O) groups is 3. The minimum atomic E-state index is -1.10. The van der Waals surface area contributed by atoms with Crippen LogP contribution in [0.15, 0.2) is 65.1 Å². The van der Waals surface area contributed by atoms with Crippen molar-refractivity contribution in [3.8, 4) is 5.75 Å². The Hall–Kier alpha value is -4.33. The Kier molecular flexibility index (Phi) is 4.38. The Bertz CT molecular complexity index is 1510. The maximum atomic E-state index is 13.3. The van der Waals surface area contributed by atoms with Crippen molar-refractivity contribution in [3.05, 3.63) is 71.8 Å². The number of carbonyl (C=O) groups excluding carboxylic acids is 3. The van der Waals surface area contributed by atoms with Crippen molar-refractivity contribution < 1.29 is 23.5 Å². The third-order valence-corrected chi connectivity index (χ3v) is 6.70. The molecule has 4 amide bonds. The molecule has 6 rings (SSSR count). The predicted molar refractivity (Wildman–Crippen MR) is 126 cm³/mol. The highest BCUT2D eigenvalue weighted by molar-refractivity contribution is 6.12. The molecule has 2 aliphatic rings. The van der Waals surface area contributed by atoms with E-state index in [0.717, 1.165) is 32.4 Å². The molecule has 1 atom stereocenters. The molecular formula is C26H21N3O5. The van der Waals surface area contributed by atoms with Crippen molar-refractivity contribution in [1.82, 2.24) is 10.2 Å². The van der Waals surface area contributed by atoms with Crippen molar-refractivity contribution >= 4 is 45.5 Å². The molecule has 0 saturated carbocycles. The minimum absolute atomic E-state index is 0.395. The van der Waals surface area contributed by atoms with Gasteiger partial charge < -0.3 is 19.8 Å². The van der Waals surface area contributed by atoms with Gasteiger partial charge >= 0.3 is 6.03 Å². The number of nitrogens with one attached hydrogen (secondary N) is 2. The molecule has 34 heavy (non-hydrogen) atoms. The molecule has 0 bridgehead atoms. The van der Waals surface area contributed by atoms with Crippen LogP contribution in [-0.2, 0) is 21.5 Å². The van der Waals surface area contributed by atoms with Crippen LogP contribution in [0.1, 0.15) is 17.5 Å². The number of amides is 4. The minimum Gasteiger partial charge on any atom is -0.495 e. The van der Waals surface area contributed by atoms with Gasteiger partial charge in [0.05, 0.1) is 12.8 Å². The summed E-state index contributed by atoms with van der Waals surface area (Å²) < 4.78 is 11.4. The van der Waals surface area contributed by atoms with Crippen LogP contribution in [0.3, 0.4) is 0 Å². The van der Waals surface area contributed by atoms with Crippen LogP contribution < -0.4 is 15.4 Å². The largest absolute Gasteiger partial charge is 0.495 e. The zero-order chi connectivity index (χ0) is 23.4. The zero-order valence-corrected chi connectivity index (χ0v) is 18.4. The van der Waals surface area contributed by atoms with Crippen LogP contribution >= 0.6 is 0 Å². The second-order valence-corrected chi connectivity index (χ2v) is 8.58. The van der Waals surface area contributed by atoms with Crippen molar-refractivity contribution in [1.29, 1.82) is 0 Å². The molecule has 1 spiro atoms. The number of urea groups is 1. The van der Waals surface area contributed by atoms with Gasteiger partial charge in [-0.25, -0.2) is 4.79 Å². The molecule has 4 aromatic rings. The number of anilines is 1. The normalized spacial score (nSPS) is 19.1. The highest BCUT2D eigenvalue weighted by Crippen LogP contribution is 2.41. The molecule has 1 saturated heterocycles. The first-order valence-corrected chi connectivity index (χ1v) is 11.0. The van der Waals surface area contributed by atoms with Crippen LogP contribution in [0.2, 0.25) is 0 Å². The number of nitrogens with zero attached hydrogens (tertiary/aromatic N) is 1. The first-order valence-electron chi connectivity index (χ1n) is 11.0. The molecule has 1 aromatic heterocycles. The van der Waals surface area contributed by atoms with Gasteiger partial charge in [0.2, 0.25) is 5.91 Å². The monoisotopic (exact) mass is 455 g/mol. The molecule has 170 valence electrons. The van der Waals surface area contributed by atoms with Gasteiger partial charge in [-0.1, -0.05) is 42.5 Å². The SMILES string of the molecule is COc1cc2c(cc1NC(=O)CN1C(=O)N[C@@]3(CCc4ccccc43)C1=O)oc1ccccc12. The van der Waals surface area contributed by atoms with Gasteiger partial charge in [0.15, 0.2) is 0 Å². The molecule has 2 N–H and O–H groups in total. The van der Waals surface area contributed by atoms with Gasteiger partial charge in [-0.3, -0.25) is 14.5 Å². The van der Waals surface area contributed by atoms with Crippen LogP contribution in [-0.4, -0.2) is 36.4 Å². The first kappa shape index (κ1) is 20.3. The van der Waals surface area contributed by atoms with Gasteiger partial charge in [0.25, 0.3) is 5.91 Å². The average molecular weight is 455 g/mol. The van der Waals surface area contributed by atoms with Crippen molar-refractivity contribution in [3.63, 3.8) is 0 Å². The van der Waals surface area contributed by atoms with Crippen molar-refractivity contribution in [2.75, 3.05) is 19.0 Å². The summed E-state index contributed by atoms with van der Waals surface area (Å²) in [6.45, 7) is -0.407. The number of hydrogen-bond donors (Lipinski definition) is 2. The molecule has 0 unspecified atom stereocenters. The number of fused-ring (bicyclic) bond motifs is 5. The number of rotatable bonds is 4. The predicted octanol–water partition coefficient (Wildman–Crippen LogP) is 3.93. The summed E-state index contributed by atoms with van der Waals surface area (Å²) in [4.78, 5) is 39.9. The maximum absolute atomic E-state index is 13.3. The lowest BCUT2D eigenvalue weighted by Crippen LogP contribution is -2.43. The fourth-order valence-electron chi connectivity index (χ4n) is 5.08. The summed E-state index contributed by atoms with van der Waals surface area (Å²) in [5, 5.41) is 7.40. The number of aryl methyl sites for hydroxylation is 1. The highest BCUT2D eigenvalue weighted by atomic mass is 16.5. The third-order valence-electron chi connectivity index (χ3n) is 6.70. The summed E-state index contributed by atoms with van der Waals surface area (Å²) in [5.41, 5.74) is 2.45. The van der Waals surface area contributed by atoms with Crippen LogP contribution in [0, 0.1) is 0 Å². The molecule has 3 aromatic carbocycles. The number of methoxy groups -OCH3 is 1. The molecule has 8 nitrogen and oxygen atoms in total. The average Bonchev–Trinajstić information content (AvgIpc) is 3.47. The Balaban J connectivity index is 1.26. The topological polar surface area (TPSA) is 101 Å². The molecular weight excluding hydrogens is 434 g/mol. The molecule has 2 heterocycles. The fraction of sp³-hybridized carbons (Fsp3) is 0.192. The van der Waals surface area contributed by atoms with E-state index in [2.05, 4.69) is 10.6 Å². The molecule has 0 radical (unpaired) electrons. The van der Waals surface area contributed by atoms with Crippen molar-refractivity contribution in [2.24, 2.45) is 0 Å². The number of furan rings is 1. The zero-order valence-electron chi connectivity index (χ0n) is 18.4. The van der Waals surface area contributed by atoms with E-state index in [4.69, 9.17) is 9.15 Å². The fourth-order valence-corrected chi connectivity index (χ4v) is 5.08. The number of benzene rings is 3. The van der Waals surface area contributed by atoms with Crippen molar-refractivity contribution in [2.45, 2.75) is 18.4 Å². The van der Waals surface area contributed by atoms with E-state index in [1.165, 1.54) is 7.11 Å². The van der Waals surface area contributed by atoms with Gasteiger partial charge in [0.1, 0.15) is 29.0 Å². The highest BCUT2D eigenvalue weighted by Gasteiger charge is 2.55. The van der Waals surface area contributed by atoms with E-state index in [9.17, 15) is 14.4 Å². The molecule has 1 aliphatic heterocycles. The van der Waals surface area contributed by atoms with E-state index < -0.39 is 29.9 Å². The lowest BCUT2D eigenvalue weighted by molar-refractivity contribution is -0.134. The first-order chi connectivity index (χ1) is 16.5. The maximum Gasteiger partial charge on any atom is 0.325 e.